The van der Waals surface area contributed by atoms with Gasteiger partial charge < -0.3 is 29.9 Å². The van der Waals surface area contributed by atoms with Gasteiger partial charge in [-0.1, -0.05) is 60.7 Å². The van der Waals surface area contributed by atoms with Crippen molar-refractivity contribution in [2.24, 2.45) is 32.5 Å². The fourth-order valence-corrected chi connectivity index (χ4v) is 17.8. The average molecular weight is 1030 g/mol. The van der Waals surface area contributed by atoms with E-state index in [4.69, 9.17) is 9.47 Å². The van der Waals surface area contributed by atoms with Gasteiger partial charge in [-0.05, 0) is 47.6 Å². The largest absolute Gasteiger partial charge is 0.372 e. The van der Waals surface area contributed by atoms with E-state index in [1.807, 2.05) is 60.7 Å². The number of ketones is 2. The number of nitrogens with zero attached hydrogens (tertiary/aromatic N) is 5. The van der Waals surface area contributed by atoms with Gasteiger partial charge in [-0.15, -0.1) is 31.5 Å². The molecule has 10 heterocycles. The number of likely N-dealkylation sites (tertiary alicyclic amines) is 2. The van der Waals surface area contributed by atoms with Crippen LogP contribution in [0.25, 0.3) is 0 Å². The van der Waals surface area contributed by atoms with Crippen LogP contribution < -0.4 is 10.6 Å². The van der Waals surface area contributed by atoms with Crippen LogP contribution in [-0.2, 0) is 84.9 Å². The van der Waals surface area contributed by atoms with E-state index < -0.39 is 115 Å². The van der Waals surface area contributed by atoms with Gasteiger partial charge in [0, 0.05) is 37.3 Å². The molecule has 4 bridgehead atoms. The number of hydrogen-bond acceptors (Lipinski definition) is 16. The Bertz CT molecular complexity index is 3090. The molecule has 0 saturated carbocycles. The summed E-state index contributed by atoms with van der Waals surface area (Å²) in [5.41, 5.74) is 1.69. The smallest absolute Gasteiger partial charge is 0.287 e. The van der Waals surface area contributed by atoms with Crippen LogP contribution in [0.15, 0.2) is 90.0 Å². The van der Waals surface area contributed by atoms with Gasteiger partial charge >= 0.3 is 0 Å². The Hall–Kier alpha value is -5.21. The van der Waals surface area contributed by atoms with Gasteiger partial charge in [0.1, 0.15) is 31.5 Å². The molecule has 4 aromatic rings. The van der Waals surface area contributed by atoms with Gasteiger partial charge in [0.2, 0.25) is 21.8 Å². The number of anilines is 2. The maximum Gasteiger partial charge on any atom is 0.287 e. The zero-order valence-electron chi connectivity index (χ0n) is 36.5. The van der Waals surface area contributed by atoms with Gasteiger partial charge in [-0.3, -0.25) is 19.2 Å². The summed E-state index contributed by atoms with van der Waals surface area (Å²) >= 11 is 1.85. The summed E-state index contributed by atoms with van der Waals surface area (Å²) < 4.78 is 105. The second kappa shape index (κ2) is 16.2. The van der Waals surface area contributed by atoms with E-state index in [2.05, 4.69) is 19.4 Å². The lowest BCUT2D eigenvalue weighted by Gasteiger charge is -2.44. The number of rotatable bonds is 11. The molecule has 0 aliphatic carbocycles. The van der Waals surface area contributed by atoms with E-state index in [-0.39, 0.29) is 67.9 Å². The standard InChI is InChI=1S/C45H43N7O12S5/c1-67(57,58)50(18-24-20-65-42-38(24)68(59,60)48-40(46-42)32-36(53)30-26-12-14-28(63-26)34(30)51(44(32)55)16-22-8-4-2-5-9-22)19-25-21-66-43-39(25)69(61,62)49-41(47-43)33-37(54)31-27-13-15-29(64-27)35(31)52(45(33)56)17-23-10-6-3-7-11-23/h2-11,20-21,26-35H,12-19H2,1H3,(H,46,48)(H,47,49). The number of thiophene rings is 2. The number of sulfonamides is 3. The number of fused-ring (bicyclic) bond motifs is 12. The Morgan fingerprint density at radius 3 is 1.42 bits per heavy atom. The first-order valence-electron chi connectivity index (χ1n) is 22.4. The van der Waals surface area contributed by atoms with E-state index in [1.165, 1.54) is 10.8 Å². The molecule has 8 aliphatic rings. The first kappa shape index (κ1) is 45.0. The summed E-state index contributed by atoms with van der Waals surface area (Å²) in [5, 5.41) is 8.82. The van der Waals surface area contributed by atoms with Crippen LogP contribution >= 0.6 is 22.7 Å². The molecule has 2 N–H and O–H groups in total. The zero-order valence-corrected chi connectivity index (χ0v) is 40.6. The fourth-order valence-electron chi connectivity index (χ4n) is 11.8. The minimum Gasteiger partial charge on any atom is -0.372 e. The average Bonchev–Trinajstić information content (AvgIpc) is 4.18. The van der Waals surface area contributed by atoms with Crippen molar-refractivity contribution in [3.8, 4) is 0 Å². The third kappa shape index (κ3) is 7.26. The number of amidine groups is 2. The molecule has 12 rings (SSSR count). The van der Waals surface area contributed by atoms with E-state index in [1.54, 1.807) is 9.80 Å². The molecule has 6 saturated heterocycles. The molecule has 69 heavy (non-hydrogen) atoms. The number of piperidine rings is 2. The van der Waals surface area contributed by atoms with Gasteiger partial charge in [0.25, 0.3) is 20.0 Å². The fraction of sp³-hybridized carbons (Fsp3) is 0.422. The molecule has 10 atom stereocenters. The zero-order chi connectivity index (χ0) is 47.9. The lowest BCUT2D eigenvalue weighted by molar-refractivity contribution is -0.153. The number of nitrogens with one attached hydrogen (secondary N) is 2. The van der Waals surface area contributed by atoms with E-state index in [0.717, 1.165) is 44.4 Å². The second-order valence-corrected chi connectivity index (χ2v) is 25.5. The van der Waals surface area contributed by atoms with Gasteiger partial charge in [-0.25, -0.2) is 8.42 Å². The molecule has 2 aromatic heterocycles. The third-order valence-electron chi connectivity index (χ3n) is 14.6. The SMILES string of the molecule is CS(=O)(=O)N(Cc1csc2c1S(=O)(=O)N=C(C1C(=O)C3C4CCC(O4)C3N(Cc3ccccc3)C1=O)N2)Cc1csc2c1S(=O)(=O)N=C(C1C(=O)C3C4CCC(O4)C3N(Cc3ccccc3)C1=O)N2. The maximum absolute atomic E-state index is 14.4. The molecular formula is C45H43N7O12S5. The normalized spacial score (nSPS) is 31.4. The van der Waals surface area contributed by atoms with Gasteiger partial charge in [0.15, 0.2) is 23.4 Å². The Labute approximate surface area is 404 Å². The van der Waals surface area contributed by atoms with Crippen molar-refractivity contribution in [1.29, 1.82) is 0 Å². The van der Waals surface area contributed by atoms with Crippen LogP contribution in [-0.4, -0.2) is 117 Å². The monoisotopic (exact) mass is 1030 g/mol. The van der Waals surface area contributed by atoms with E-state index >= 15 is 0 Å². The molecule has 8 aliphatic heterocycles. The van der Waals surface area contributed by atoms with Crippen molar-refractivity contribution < 1.29 is 53.9 Å². The van der Waals surface area contributed by atoms with Gasteiger partial charge in [0.05, 0.1) is 54.6 Å². The Kier molecular flexibility index (Phi) is 10.5. The highest BCUT2D eigenvalue weighted by atomic mass is 32.2. The molecule has 0 radical (unpaired) electrons. The molecule has 24 heteroatoms. The number of Topliss-reactive ketones (excluding diaryl/α,β-unsaturated/α-hetero) is 2. The molecule has 6 fully saturated rings. The van der Waals surface area contributed by atoms with Crippen LogP contribution in [0.4, 0.5) is 10.0 Å². The second-order valence-electron chi connectivity index (χ2n) is 18.7. The molecule has 0 spiro atoms. The molecule has 10 unspecified atom stereocenters. The molecular weight excluding hydrogens is 991 g/mol. The number of ether oxygens (including phenoxy) is 2. The van der Waals surface area contributed by atoms with Gasteiger partial charge in [-0.2, -0.15) is 21.1 Å². The molecule has 2 aromatic carbocycles. The van der Waals surface area contributed by atoms with Crippen LogP contribution in [0.2, 0.25) is 0 Å². The summed E-state index contributed by atoms with van der Waals surface area (Å²) in [6, 6.07) is 17.5. The Morgan fingerprint density at radius 1 is 0.638 bits per heavy atom. The highest BCUT2D eigenvalue weighted by Gasteiger charge is 2.64. The van der Waals surface area contributed by atoms with Crippen LogP contribution in [0.1, 0.15) is 47.9 Å². The lowest BCUT2D eigenvalue weighted by atomic mass is 9.73. The summed E-state index contributed by atoms with van der Waals surface area (Å²) in [5.74, 6) is -7.33. The number of hydrogen-bond donors (Lipinski definition) is 2. The minimum absolute atomic E-state index is 0.0203. The van der Waals surface area contributed by atoms with Crippen molar-refractivity contribution >= 4 is 97.8 Å². The summed E-state index contributed by atoms with van der Waals surface area (Å²) in [6.45, 7) is -0.713. The molecule has 19 nitrogen and oxygen atoms in total. The first-order valence-corrected chi connectivity index (χ1v) is 28.9. The summed E-state index contributed by atoms with van der Waals surface area (Å²) in [4.78, 5) is 59.8. The topological polar surface area (TPSA) is 248 Å². The number of carbonyl (C=O) groups excluding carboxylic acids is 4. The van der Waals surface area contributed by atoms with E-state index in [9.17, 15) is 44.4 Å². The minimum atomic E-state index is -4.65. The highest BCUT2D eigenvalue weighted by Crippen LogP contribution is 2.50. The first-order chi connectivity index (χ1) is 33.0. The predicted molar refractivity (Wildman–Crippen MR) is 251 cm³/mol. The van der Waals surface area contributed by atoms with Crippen molar-refractivity contribution in [2.45, 2.75) is 98.2 Å². The highest BCUT2D eigenvalue weighted by molar-refractivity contribution is 7.91. The van der Waals surface area contributed by atoms with Crippen molar-refractivity contribution in [2.75, 3.05) is 16.9 Å². The van der Waals surface area contributed by atoms with E-state index in [0.29, 0.717) is 25.7 Å². The lowest BCUT2D eigenvalue weighted by Crippen LogP contribution is -2.62. The summed E-state index contributed by atoms with van der Waals surface area (Å²) in [7, 11) is -13.5. The number of amides is 2. The van der Waals surface area contributed by atoms with Crippen LogP contribution in [0, 0.1) is 23.7 Å². The maximum atomic E-state index is 14.4. The molecule has 2 amide bonds. The van der Waals surface area contributed by atoms with Crippen molar-refractivity contribution in [3.63, 3.8) is 0 Å². The number of carbonyl (C=O) groups is 4. The number of benzene rings is 2. The quantitative estimate of drug-likeness (QED) is 0.205. The third-order valence-corrected chi connectivity index (χ3v) is 20.8. The Balaban J connectivity index is 0.808. The Morgan fingerprint density at radius 2 is 1.03 bits per heavy atom. The van der Waals surface area contributed by atoms with Crippen molar-refractivity contribution in [3.05, 3.63) is 93.7 Å². The van der Waals surface area contributed by atoms with Crippen molar-refractivity contribution in [1.82, 2.24) is 14.1 Å². The van der Waals surface area contributed by atoms with Crippen LogP contribution in [0.5, 0.6) is 0 Å². The predicted octanol–water partition coefficient (Wildman–Crippen LogP) is 3.34. The summed E-state index contributed by atoms with van der Waals surface area (Å²) in [6.07, 6.45) is 2.04. The molecule has 360 valence electrons. The van der Waals surface area contributed by atoms with Crippen LogP contribution in [0.3, 0.4) is 0 Å².